The highest BCUT2D eigenvalue weighted by Gasteiger charge is 2.17. The molecular formula is C12H10F2N2O3. The zero-order valence-electron chi connectivity index (χ0n) is 9.89. The van der Waals surface area contributed by atoms with Gasteiger partial charge in [0.05, 0.1) is 12.8 Å². The fraction of sp³-hybridized carbons (Fsp3) is 0.167. The molecule has 0 saturated carbocycles. The molecule has 0 bridgehead atoms. The molecule has 0 saturated heterocycles. The van der Waals surface area contributed by atoms with Crippen molar-refractivity contribution in [3.8, 4) is 22.8 Å². The summed E-state index contributed by atoms with van der Waals surface area (Å²) >= 11 is 0. The normalized spacial score (nSPS) is 10.5. The summed E-state index contributed by atoms with van der Waals surface area (Å²) in [5.41, 5.74) is 0.216. The fourth-order valence-electron chi connectivity index (χ4n) is 1.58. The molecule has 1 aromatic heterocycles. The first-order valence-electron chi connectivity index (χ1n) is 5.29. The molecule has 100 valence electrons. The summed E-state index contributed by atoms with van der Waals surface area (Å²) in [7, 11) is 1.34. The SMILES string of the molecule is COc1cccc(-c2ccc(=O)[nH]n2)c1OC(F)F. The van der Waals surface area contributed by atoms with E-state index in [1.807, 2.05) is 0 Å². The number of alkyl halides is 2. The minimum absolute atomic E-state index is 0.125. The topological polar surface area (TPSA) is 64.2 Å². The van der Waals surface area contributed by atoms with Crippen molar-refractivity contribution in [3.05, 3.63) is 40.7 Å². The smallest absolute Gasteiger partial charge is 0.387 e. The zero-order chi connectivity index (χ0) is 13.8. The van der Waals surface area contributed by atoms with Gasteiger partial charge in [0, 0.05) is 11.6 Å². The van der Waals surface area contributed by atoms with Crippen molar-refractivity contribution in [2.24, 2.45) is 0 Å². The maximum atomic E-state index is 12.4. The minimum Gasteiger partial charge on any atom is -0.493 e. The van der Waals surface area contributed by atoms with Crippen LogP contribution < -0.4 is 15.0 Å². The number of nitrogens with zero attached hydrogens (tertiary/aromatic N) is 1. The summed E-state index contributed by atoms with van der Waals surface area (Å²) in [6.45, 7) is -2.99. The van der Waals surface area contributed by atoms with E-state index in [0.29, 0.717) is 11.3 Å². The van der Waals surface area contributed by atoms with Gasteiger partial charge < -0.3 is 9.47 Å². The van der Waals surface area contributed by atoms with E-state index >= 15 is 0 Å². The molecule has 2 aromatic rings. The van der Waals surface area contributed by atoms with E-state index in [2.05, 4.69) is 14.9 Å². The third kappa shape index (κ3) is 2.87. The molecule has 0 unspecified atom stereocenters. The van der Waals surface area contributed by atoms with Gasteiger partial charge in [0.1, 0.15) is 0 Å². The Balaban J connectivity index is 2.55. The first-order chi connectivity index (χ1) is 9.11. The van der Waals surface area contributed by atoms with Gasteiger partial charge in [0.15, 0.2) is 11.5 Å². The van der Waals surface area contributed by atoms with Gasteiger partial charge in [-0.1, -0.05) is 6.07 Å². The van der Waals surface area contributed by atoms with Crippen molar-refractivity contribution in [1.82, 2.24) is 10.2 Å². The van der Waals surface area contributed by atoms with Gasteiger partial charge in [-0.05, 0) is 18.2 Å². The van der Waals surface area contributed by atoms with Crippen LogP contribution in [0.4, 0.5) is 8.78 Å². The molecule has 0 spiro atoms. The Labute approximate surface area is 106 Å². The number of H-pyrrole nitrogens is 1. The van der Waals surface area contributed by atoms with Gasteiger partial charge in [0.2, 0.25) is 0 Å². The Bertz CT molecular complexity index is 608. The highest BCUT2D eigenvalue weighted by atomic mass is 19.3. The molecule has 19 heavy (non-hydrogen) atoms. The second-order valence-electron chi connectivity index (χ2n) is 3.52. The van der Waals surface area contributed by atoms with Gasteiger partial charge in [-0.25, -0.2) is 5.10 Å². The van der Waals surface area contributed by atoms with E-state index in [9.17, 15) is 13.6 Å². The number of rotatable bonds is 4. The number of benzene rings is 1. The van der Waals surface area contributed by atoms with Crippen LogP contribution in [0.15, 0.2) is 35.1 Å². The van der Waals surface area contributed by atoms with E-state index in [-0.39, 0.29) is 17.1 Å². The summed E-state index contributed by atoms with van der Waals surface area (Å²) < 4.78 is 34.3. The van der Waals surface area contributed by atoms with Crippen LogP contribution in [0, 0.1) is 0 Å². The lowest BCUT2D eigenvalue weighted by molar-refractivity contribution is -0.0508. The first kappa shape index (κ1) is 13.0. The van der Waals surface area contributed by atoms with Gasteiger partial charge in [-0.15, -0.1) is 0 Å². The molecule has 0 aliphatic heterocycles. The van der Waals surface area contributed by atoms with Crippen LogP contribution in [0.5, 0.6) is 11.5 Å². The predicted octanol–water partition coefficient (Wildman–Crippen LogP) is 2.05. The number of methoxy groups -OCH3 is 1. The number of para-hydroxylation sites is 1. The maximum Gasteiger partial charge on any atom is 0.387 e. The summed E-state index contributed by atoms with van der Waals surface area (Å²) in [6.07, 6.45) is 0. The summed E-state index contributed by atoms with van der Waals surface area (Å²) in [6, 6.07) is 7.30. The van der Waals surface area contributed by atoms with E-state index < -0.39 is 6.61 Å². The number of hydrogen-bond acceptors (Lipinski definition) is 4. The molecule has 0 aliphatic carbocycles. The average molecular weight is 268 g/mol. The number of halogens is 2. The van der Waals surface area contributed by atoms with Crippen molar-refractivity contribution in [1.29, 1.82) is 0 Å². The van der Waals surface area contributed by atoms with Crippen molar-refractivity contribution >= 4 is 0 Å². The average Bonchev–Trinajstić information content (AvgIpc) is 2.39. The van der Waals surface area contributed by atoms with Crippen LogP contribution in [0.25, 0.3) is 11.3 Å². The van der Waals surface area contributed by atoms with Crippen LogP contribution in [-0.4, -0.2) is 23.9 Å². The van der Waals surface area contributed by atoms with E-state index in [1.54, 1.807) is 12.1 Å². The monoisotopic (exact) mass is 268 g/mol. The van der Waals surface area contributed by atoms with E-state index in [4.69, 9.17) is 4.74 Å². The maximum absolute atomic E-state index is 12.4. The van der Waals surface area contributed by atoms with Crippen LogP contribution in [0.1, 0.15) is 0 Å². The largest absolute Gasteiger partial charge is 0.493 e. The number of ether oxygens (including phenoxy) is 2. The Kier molecular flexibility index (Phi) is 3.74. The third-order valence-electron chi connectivity index (χ3n) is 2.36. The third-order valence-corrected chi connectivity index (χ3v) is 2.36. The zero-order valence-corrected chi connectivity index (χ0v) is 9.89. The molecular weight excluding hydrogens is 258 g/mol. The van der Waals surface area contributed by atoms with Gasteiger partial charge in [-0.2, -0.15) is 13.9 Å². The molecule has 5 nitrogen and oxygen atoms in total. The lowest BCUT2D eigenvalue weighted by Crippen LogP contribution is -2.08. The van der Waals surface area contributed by atoms with Crippen LogP contribution in [0.3, 0.4) is 0 Å². The minimum atomic E-state index is -2.99. The molecule has 0 amide bonds. The number of hydrogen-bond donors (Lipinski definition) is 1. The number of aromatic amines is 1. The number of aromatic nitrogens is 2. The molecule has 7 heteroatoms. The second kappa shape index (κ2) is 5.47. The summed E-state index contributed by atoms with van der Waals surface area (Å²) in [4.78, 5) is 10.9. The van der Waals surface area contributed by atoms with Crippen LogP contribution in [-0.2, 0) is 0 Å². The lowest BCUT2D eigenvalue weighted by atomic mass is 10.1. The standard InChI is InChI=1S/C12H10F2N2O3/c1-18-9-4-2-3-7(11(9)19-12(13)14)8-5-6-10(17)16-15-8/h2-6,12H,1H3,(H,16,17). The Hall–Kier alpha value is -2.44. The molecule has 1 aromatic carbocycles. The Morgan fingerprint density at radius 2 is 2.05 bits per heavy atom. The molecule has 0 aliphatic rings. The molecule has 2 rings (SSSR count). The lowest BCUT2D eigenvalue weighted by Gasteiger charge is -2.13. The summed E-state index contributed by atoms with van der Waals surface area (Å²) in [5.74, 6) is 0.0327. The van der Waals surface area contributed by atoms with Gasteiger partial charge >= 0.3 is 6.61 Å². The Morgan fingerprint density at radius 3 is 2.63 bits per heavy atom. The van der Waals surface area contributed by atoms with Crippen LogP contribution in [0.2, 0.25) is 0 Å². The first-order valence-corrected chi connectivity index (χ1v) is 5.29. The van der Waals surface area contributed by atoms with Gasteiger partial charge in [0.25, 0.3) is 5.56 Å². The van der Waals surface area contributed by atoms with Crippen molar-refractivity contribution in [2.75, 3.05) is 7.11 Å². The Morgan fingerprint density at radius 1 is 1.26 bits per heavy atom. The molecule has 0 fully saturated rings. The van der Waals surface area contributed by atoms with Crippen molar-refractivity contribution in [3.63, 3.8) is 0 Å². The highest BCUT2D eigenvalue weighted by Crippen LogP contribution is 2.37. The highest BCUT2D eigenvalue weighted by molar-refractivity contribution is 5.70. The van der Waals surface area contributed by atoms with Crippen molar-refractivity contribution < 1.29 is 18.3 Å². The van der Waals surface area contributed by atoms with Gasteiger partial charge in [-0.3, -0.25) is 4.79 Å². The van der Waals surface area contributed by atoms with Crippen molar-refractivity contribution in [2.45, 2.75) is 6.61 Å². The molecule has 1 heterocycles. The molecule has 0 atom stereocenters. The summed E-state index contributed by atoms with van der Waals surface area (Å²) in [5, 5.41) is 6.00. The molecule has 1 N–H and O–H groups in total. The second-order valence-corrected chi connectivity index (χ2v) is 3.52. The number of nitrogens with one attached hydrogen (secondary N) is 1. The quantitative estimate of drug-likeness (QED) is 0.921. The van der Waals surface area contributed by atoms with Crippen LogP contribution >= 0.6 is 0 Å². The fourth-order valence-corrected chi connectivity index (χ4v) is 1.58. The van der Waals surface area contributed by atoms with E-state index in [0.717, 1.165) is 0 Å². The molecule has 0 radical (unpaired) electrons. The predicted molar refractivity (Wildman–Crippen MR) is 63.5 cm³/mol. The van der Waals surface area contributed by atoms with E-state index in [1.165, 1.54) is 25.3 Å².